The van der Waals surface area contributed by atoms with Crippen LogP contribution in [0.3, 0.4) is 0 Å². The third kappa shape index (κ3) is 5.16. The summed E-state index contributed by atoms with van der Waals surface area (Å²) in [6, 6.07) is 11.6. The van der Waals surface area contributed by atoms with Crippen molar-refractivity contribution in [3.8, 4) is 0 Å². The van der Waals surface area contributed by atoms with E-state index in [9.17, 15) is 14.0 Å². The Balaban J connectivity index is 1.92. The molecule has 0 aliphatic carbocycles. The summed E-state index contributed by atoms with van der Waals surface area (Å²) in [5.41, 5.74) is 2.12. The summed E-state index contributed by atoms with van der Waals surface area (Å²) in [7, 11) is 0. The Bertz CT molecular complexity index is 750. The van der Waals surface area contributed by atoms with Gasteiger partial charge in [0.15, 0.2) is 0 Å². The Morgan fingerprint density at radius 2 is 1.88 bits per heavy atom. The highest BCUT2D eigenvalue weighted by atomic mass is 79.9. The second kappa shape index (κ2) is 8.59. The quantitative estimate of drug-likeness (QED) is 0.792. The van der Waals surface area contributed by atoms with Gasteiger partial charge in [0.25, 0.3) is 5.91 Å². The minimum absolute atomic E-state index is 0.137. The van der Waals surface area contributed by atoms with Crippen LogP contribution in [0.15, 0.2) is 46.9 Å². The highest BCUT2D eigenvalue weighted by molar-refractivity contribution is 9.10. The first-order valence-corrected chi connectivity index (χ1v) is 8.36. The molecule has 0 saturated carbocycles. The molecule has 0 spiro atoms. The lowest BCUT2D eigenvalue weighted by molar-refractivity contribution is -0.120. The lowest BCUT2D eigenvalue weighted by atomic mass is 10.1. The van der Waals surface area contributed by atoms with Crippen molar-refractivity contribution in [2.24, 2.45) is 0 Å². The van der Waals surface area contributed by atoms with Gasteiger partial charge in [-0.3, -0.25) is 9.59 Å². The van der Waals surface area contributed by atoms with Gasteiger partial charge in [0.1, 0.15) is 5.82 Å². The van der Waals surface area contributed by atoms with Crippen molar-refractivity contribution in [1.82, 2.24) is 10.6 Å². The zero-order valence-corrected chi connectivity index (χ0v) is 14.8. The lowest BCUT2D eigenvalue weighted by Gasteiger charge is -2.08. The molecule has 24 heavy (non-hydrogen) atoms. The molecule has 0 saturated heterocycles. The van der Waals surface area contributed by atoms with Crippen LogP contribution in [0.2, 0.25) is 0 Å². The second-order valence-electron chi connectivity index (χ2n) is 5.26. The van der Waals surface area contributed by atoms with E-state index in [1.807, 2.05) is 13.0 Å². The van der Waals surface area contributed by atoms with Gasteiger partial charge in [-0.1, -0.05) is 18.2 Å². The molecule has 2 aromatic rings. The van der Waals surface area contributed by atoms with Gasteiger partial charge in [-0.2, -0.15) is 0 Å². The third-order valence-corrected chi connectivity index (χ3v) is 3.97. The maximum Gasteiger partial charge on any atom is 0.251 e. The van der Waals surface area contributed by atoms with Gasteiger partial charge >= 0.3 is 0 Å². The summed E-state index contributed by atoms with van der Waals surface area (Å²) < 4.78 is 13.5. The van der Waals surface area contributed by atoms with Crippen molar-refractivity contribution in [2.45, 2.75) is 19.9 Å². The van der Waals surface area contributed by atoms with E-state index < -0.39 is 0 Å². The van der Waals surface area contributed by atoms with Crippen LogP contribution < -0.4 is 10.6 Å². The summed E-state index contributed by atoms with van der Waals surface area (Å²) in [5.74, 6) is -0.667. The smallest absolute Gasteiger partial charge is 0.251 e. The third-order valence-electron chi connectivity index (χ3n) is 3.36. The maximum absolute atomic E-state index is 13.2. The molecular weight excluding hydrogens is 375 g/mol. The van der Waals surface area contributed by atoms with Gasteiger partial charge < -0.3 is 10.6 Å². The molecular formula is C18H18BrFN2O2. The van der Waals surface area contributed by atoms with Crippen LogP contribution in [-0.2, 0) is 17.8 Å². The Morgan fingerprint density at radius 1 is 1.08 bits per heavy atom. The monoisotopic (exact) mass is 392 g/mol. The first-order valence-electron chi connectivity index (χ1n) is 7.57. The number of hydrogen-bond acceptors (Lipinski definition) is 2. The van der Waals surface area contributed by atoms with Crippen molar-refractivity contribution in [2.75, 3.05) is 6.54 Å². The number of hydrogen-bond donors (Lipinski definition) is 2. The summed E-state index contributed by atoms with van der Waals surface area (Å²) in [6.45, 7) is 2.75. The van der Waals surface area contributed by atoms with Crippen LogP contribution in [-0.4, -0.2) is 18.4 Å². The minimum atomic E-state index is -0.360. The van der Waals surface area contributed by atoms with Crippen LogP contribution in [0.5, 0.6) is 0 Å². The standard InChI is InChI=1S/C18H18BrFN2O2/c1-2-21-18(24)14-5-3-4-13(8-14)11-22-17(23)10-12-6-7-16(20)15(19)9-12/h3-9H,2,10-11H2,1H3,(H,21,24)(H,22,23). The highest BCUT2D eigenvalue weighted by Gasteiger charge is 2.08. The van der Waals surface area contributed by atoms with Gasteiger partial charge in [-0.15, -0.1) is 0 Å². The second-order valence-corrected chi connectivity index (χ2v) is 6.12. The van der Waals surface area contributed by atoms with E-state index in [1.165, 1.54) is 6.07 Å². The fraction of sp³-hybridized carbons (Fsp3) is 0.222. The Morgan fingerprint density at radius 3 is 2.58 bits per heavy atom. The SMILES string of the molecule is CCNC(=O)c1cccc(CNC(=O)Cc2ccc(F)c(Br)c2)c1. The molecule has 0 atom stereocenters. The molecule has 0 bridgehead atoms. The molecule has 0 aliphatic rings. The van der Waals surface area contributed by atoms with Crippen molar-refractivity contribution in [1.29, 1.82) is 0 Å². The average Bonchev–Trinajstić information content (AvgIpc) is 2.57. The molecule has 2 amide bonds. The van der Waals surface area contributed by atoms with Gasteiger partial charge in [0, 0.05) is 18.7 Å². The highest BCUT2D eigenvalue weighted by Crippen LogP contribution is 2.17. The van der Waals surface area contributed by atoms with Gasteiger partial charge in [0.2, 0.25) is 5.91 Å². The number of carbonyl (C=O) groups is 2. The van der Waals surface area contributed by atoms with Crippen LogP contribution in [0.1, 0.15) is 28.4 Å². The zero-order chi connectivity index (χ0) is 17.5. The van der Waals surface area contributed by atoms with E-state index in [-0.39, 0.29) is 24.1 Å². The maximum atomic E-state index is 13.2. The molecule has 2 aromatic carbocycles. The summed E-state index contributed by atoms with van der Waals surface area (Å²) in [5, 5.41) is 5.53. The van der Waals surface area contributed by atoms with Crippen LogP contribution in [0, 0.1) is 5.82 Å². The molecule has 0 fully saturated rings. The molecule has 0 unspecified atom stereocenters. The Labute approximate surface area is 148 Å². The number of halogens is 2. The fourth-order valence-electron chi connectivity index (χ4n) is 2.18. The van der Waals surface area contributed by atoms with E-state index >= 15 is 0 Å². The van der Waals surface area contributed by atoms with E-state index in [0.717, 1.165) is 11.1 Å². The van der Waals surface area contributed by atoms with Crippen molar-refractivity contribution < 1.29 is 14.0 Å². The van der Waals surface area contributed by atoms with Crippen LogP contribution in [0.4, 0.5) is 4.39 Å². The zero-order valence-electron chi connectivity index (χ0n) is 13.2. The van der Waals surface area contributed by atoms with Crippen molar-refractivity contribution in [3.05, 3.63) is 69.4 Å². The summed E-state index contributed by atoms with van der Waals surface area (Å²) in [4.78, 5) is 23.8. The number of rotatable bonds is 6. The minimum Gasteiger partial charge on any atom is -0.352 e. The molecule has 0 radical (unpaired) electrons. The van der Waals surface area contributed by atoms with Crippen molar-refractivity contribution >= 4 is 27.7 Å². The van der Waals surface area contributed by atoms with E-state index in [0.29, 0.717) is 23.1 Å². The topological polar surface area (TPSA) is 58.2 Å². The van der Waals surface area contributed by atoms with Gasteiger partial charge in [-0.25, -0.2) is 4.39 Å². The normalized spacial score (nSPS) is 10.3. The predicted octanol–water partition coefficient (Wildman–Crippen LogP) is 3.20. The largest absolute Gasteiger partial charge is 0.352 e. The number of benzene rings is 2. The Hall–Kier alpha value is -2.21. The van der Waals surface area contributed by atoms with E-state index in [4.69, 9.17) is 0 Å². The average molecular weight is 393 g/mol. The Kier molecular flexibility index (Phi) is 6.49. The molecule has 2 N–H and O–H groups in total. The fourth-order valence-corrected chi connectivity index (χ4v) is 2.61. The number of amides is 2. The predicted molar refractivity (Wildman–Crippen MR) is 94.1 cm³/mol. The van der Waals surface area contributed by atoms with Crippen LogP contribution in [0.25, 0.3) is 0 Å². The molecule has 4 nitrogen and oxygen atoms in total. The van der Waals surface area contributed by atoms with E-state index in [2.05, 4.69) is 26.6 Å². The molecule has 2 rings (SSSR count). The molecule has 6 heteroatoms. The molecule has 0 aliphatic heterocycles. The lowest BCUT2D eigenvalue weighted by Crippen LogP contribution is -2.25. The molecule has 0 aromatic heterocycles. The number of nitrogens with one attached hydrogen (secondary N) is 2. The van der Waals surface area contributed by atoms with Crippen molar-refractivity contribution in [3.63, 3.8) is 0 Å². The molecule has 126 valence electrons. The number of carbonyl (C=O) groups excluding carboxylic acids is 2. The molecule has 0 heterocycles. The summed E-state index contributed by atoms with van der Waals surface area (Å²) >= 11 is 3.10. The van der Waals surface area contributed by atoms with Gasteiger partial charge in [0.05, 0.1) is 10.9 Å². The van der Waals surface area contributed by atoms with Crippen LogP contribution >= 0.6 is 15.9 Å². The first-order chi connectivity index (χ1) is 11.5. The van der Waals surface area contributed by atoms with Gasteiger partial charge in [-0.05, 0) is 58.2 Å². The first kappa shape index (κ1) is 18.1. The summed E-state index contributed by atoms with van der Waals surface area (Å²) in [6.07, 6.45) is 0.162. The van der Waals surface area contributed by atoms with E-state index in [1.54, 1.807) is 30.3 Å².